The summed E-state index contributed by atoms with van der Waals surface area (Å²) in [6, 6.07) is 48.3. The van der Waals surface area contributed by atoms with Gasteiger partial charge in [0, 0.05) is 21.9 Å². The van der Waals surface area contributed by atoms with Gasteiger partial charge in [0.15, 0.2) is 0 Å². The van der Waals surface area contributed by atoms with E-state index in [1.54, 1.807) is 0 Å². The van der Waals surface area contributed by atoms with Crippen LogP contribution < -0.4 is 0 Å². The molecule has 2 aromatic heterocycles. The molecule has 4 nitrogen and oxygen atoms in total. The molecule has 0 unspecified atom stereocenters. The maximum absolute atomic E-state index is 5.59. The third-order valence-electron chi connectivity index (χ3n) is 10.1. The van der Waals surface area contributed by atoms with E-state index >= 15 is 0 Å². The molecule has 9 rings (SSSR count). The number of aromatic nitrogens is 4. The van der Waals surface area contributed by atoms with Gasteiger partial charge in [-0.2, -0.15) is 0 Å². The first-order valence-electron chi connectivity index (χ1n) is 16.0. The fourth-order valence-electron chi connectivity index (χ4n) is 7.44. The van der Waals surface area contributed by atoms with Crippen molar-refractivity contribution in [1.29, 1.82) is 0 Å². The summed E-state index contributed by atoms with van der Waals surface area (Å²) in [6.07, 6.45) is 0. The quantitative estimate of drug-likeness (QED) is 0.200. The largest absolute Gasteiger partial charge is 0.295 e. The minimum absolute atomic E-state index is 0.404. The SMILES string of the molecule is CC1(C)c2cccc(c2)-c2cccc(c2)C(C)(C)c2nc3c4nc1n(-c1ccccc1)c4ccc3n2-c1cccc2ccccc12. The Morgan fingerprint density at radius 3 is 1.65 bits per heavy atom. The normalized spacial score (nSPS) is 14.9. The second kappa shape index (κ2) is 9.51. The Morgan fingerprint density at radius 1 is 0.478 bits per heavy atom. The molecular weight excluding hydrogens is 560 g/mol. The molecule has 0 atom stereocenters. The number of fused-ring (bicyclic) bond motifs is 8. The van der Waals surface area contributed by atoms with Gasteiger partial charge in [-0.15, -0.1) is 0 Å². The second-order valence-corrected chi connectivity index (χ2v) is 13.6. The van der Waals surface area contributed by atoms with Crippen molar-refractivity contribution in [3.63, 3.8) is 0 Å². The van der Waals surface area contributed by atoms with Gasteiger partial charge in [0.1, 0.15) is 22.7 Å². The Morgan fingerprint density at radius 2 is 1.00 bits per heavy atom. The molecule has 46 heavy (non-hydrogen) atoms. The van der Waals surface area contributed by atoms with E-state index in [1.807, 2.05) is 0 Å². The fraction of sp³-hybridized carbons (Fsp3) is 0.143. The summed E-state index contributed by atoms with van der Waals surface area (Å²) in [5.41, 5.74) is 10.2. The molecule has 0 saturated carbocycles. The van der Waals surface area contributed by atoms with Crippen LogP contribution in [0.3, 0.4) is 0 Å². The van der Waals surface area contributed by atoms with Crippen LogP contribution >= 0.6 is 0 Å². The van der Waals surface area contributed by atoms with Crippen molar-refractivity contribution in [3.8, 4) is 22.5 Å². The van der Waals surface area contributed by atoms with Crippen molar-refractivity contribution >= 4 is 32.8 Å². The third kappa shape index (κ3) is 3.73. The highest BCUT2D eigenvalue weighted by Crippen LogP contribution is 2.43. The monoisotopic (exact) mass is 594 g/mol. The predicted octanol–water partition coefficient (Wildman–Crippen LogP) is 10.1. The van der Waals surface area contributed by atoms with Crippen molar-refractivity contribution < 1.29 is 0 Å². The third-order valence-corrected chi connectivity index (χ3v) is 10.1. The highest BCUT2D eigenvalue weighted by atomic mass is 15.1. The van der Waals surface area contributed by atoms with Gasteiger partial charge < -0.3 is 0 Å². The number of imidazole rings is 2. The molecule has 4 heteroatoms. The Balaban J connectivity index is 1.49. The average molecular weight is 595 g/mol. The molecule has 0 radical (unpaired) electrons. The number of rotatable bonds is 2. The molecule has 1 aliphatic heterocycles. The Kier molecular flexibility index (Phi) is 5.56. The van der Waals surface area contributed by atoms with Crippen molar-refractivity contribution in [1.82, 2.24) is 19.1 Å². The Hall–Kier alpha value is -5.48. The number of hydrogen-bond acceptors (Lipinski definition) is 2. The second-order valence-electron chi connectivity index (χ2n) is 13.6. The van der Waals surface area contributed by atoms with Gasteiger partial charge in [-0.3, -0.25) is 9.13 Å². The predicted molar refractivity (Wildman–Crippen MR) is 189 cm³/mol. The maximum atomic E-state index is 5.59. The van der Waals surface area contributed by atoms with Crippen molar-refractivity contribution in [2.24, 2.45) is 0 Å². The van der Waals surface area contributed by atoms with E-state index in [9.17, 15) is 0 Å². The molecule has 0 aliphatic carbocycles. The summed E-state index contributed by atoms with van der Waals surface area (Å²) in [7, 11) is 0. The summed E-state index contributed by atoms with van der Waals surface area (Å²) in [4.78, 5) is 11.1. The Bertz CT molecular complexity index is 2470. The highest BCUT2D eigenvalue weighted by molar-refractivity contribution is 6.03. The van der Waals surface area contributed by atoms with Gasteiger partial charge in [0.05, 0.1) is 16.7 Å². The van der Waals surface area contributed by atoms with Gasteiger partial charge >= 0.3 is 0 Å². The van der Waals surface area contributed by atoms with Crippen LogP contribution in [0.15, 0.2) is 133 Å². The number of para-hydroxylation sites is 1. The molecule has 0 fully saturated rings. The lowest BCUT2D eigenvalue weighted by atomic mass is 9.80. The van der Waals surface area contributed by atoms with Crippen LogP contribution in [0.4, 0.5) is 0 Å². The fourth-order valence-corrected chi connectivity index (χ4v) is 7.44. The van der Waals surface area contributed by atoms with E-state index in [0.29, 0.717) is 0 Å². The first kappa shape index (κ1) is 26.9. The Labute approximate surface area is 268 Å². The van der Waals surface area contributed by atoms with Crippen LogP contribution in [0.2, 0.25) is 0 Å². The zero-order chi connectivity index (χ0) is 31.2. The van der Waals surface area contributed by atoms with E-state index in [4.69, 9.17) is 9.97 Å². The molecule has 8 aromatic rings. The number of hydrogen-bond donors (Lipinski definition) is 0. The van der Waals surface area contributed by atoms with Gasteiger partial charge in [-0.1, -0.05) is 103 Å². The molecule has 0 amide bonds. The van der Waals surface area contributed by atoms with Crippen molar-refractivity contribution in [2.75, 3.05) is 0 Å². The standard InChI is InChI=1S/C42H34N4/c1-41(2)30-17-10-15-28(25-30)29-16-11-18-31(26-29)42(3,4)40-44-38-36(46(40)34-22-12-14-27-13-8-9-21-33(27)34)24-23-35-37(38)43-39(41)45(35)32-19-6-5-7-20-32/h5-26H,1-4H3. The summed E-state index contributed by atoms with van der Waals surface area (Å²) >= 11 is 0. The molecule has 1 aliphatic rings. The zero-order valence-electron chi connectivity index (χ0n) is 26.5. The summed E-state index contributed by atoms with van der Waals surface area (Å²) < 4.78 is 4.72. The van der Waals surface area contributed by atoms with Gasteiger partial charge in [0.2, 0.25) is 0 Å². The van der Waals surface area contributed by atoms with E-state index < -0.39 is 10.8 Å². The number of nitrogens with zero attached hydrogens (tertiary/aromatic N) is 4. The summed E-state index contributed by atoms with van der Waals surface area (Å²) in [5.74, 6) is 1.98. The summed E-state index contributed by atoms with van der Waals surface area (Å²) in [6.45, 7) is 9.17. The van der Waals surface area contributed by atoms with E-state index in [2.05, 4.69) is 170 Å². The zero-order valence-corrected chi connectivity index (χ0v) is 26.5. The molecule has 6 aromatic carbocycles. The van der Waals surface area contributed by atoms with Crippen LogP contribution in [-0.4, -0.2) is 19.1 Å². The minimum atomic E-state index is -0.426. The van der Waals surface area contributed by atoms with E-state index in [1.165, 1.54) is 33.0 Å². The maximum Gasteiger partial charge on any atom is 0.124 e. The van der Waals surface area contributed by atoms with Crippen molar-refractivity contribution in [3.05, 3.63) is 156 Å². The first-order chi connectivity index (χ1) is 22.3. The van der Waals surface area contributed by atoms with E-state index in [-0.39, 0.29) is 0 Å². The van der Waals surface area contributed by atoms with Gasteiger partial charge in [-0.25, -0.2) is 9.97 Å². The van der Waals surface area contributed by atoms with E-state index in [0.717, 1.165) is 45.1 Å². The topological polar surface area (TPSA) is 35.6 Å². The minimum Gasteiger partial charge on any atom is -0.295 e. The van der Waals surface area contributed by atoms with Gasteiger partial charge in [-0.05, 0) is 85.7 Å². The van der Waals surface area contributed by atoms with Crippen molar-refractivity contribution in [2.45, 2.75) is 38.5 Å². The molecule has 0 saturated heterocycles. The highest BCUT2D eigenvalue weighted by Gasteiger charge is 2.35. The molecule has 222 valence electrons. The lowest BCUT2D eigenvalue weighted by Gasteiger charge is -2.28. The molecule has 3 heterocycles. The first-order valence-corrected chi connectivity index (χ1v) is 16.0. The van der Waals surface area contributed by atoms with Gasteiger partial charge in [0.25, 0.3) is 0 Å². The lowest BCUT2D eigenvalue weighted by Crippen LogP contribution is -2.24. The van der Waals surface area contributed by atoms with Crippen LogP contribution in [-0.2, 0) is 10.8 Å². The molecule has 0 spiro atoms. The lowest BCUT2D eigenvalue weighted by molar-refractivity contribution is 0.581. The molecular formula is C42H34N4. The van der Waals surface area contributed by atoms with Crippen LogP contribution in [0, 0.1) is 0 Å². The average Bonchev–Trinajstić information content (AvgIpc) is 3.69. The van der Waals surface area contributed by atoms with Crippen LogP contribution in [0.1, 0.15) is 50.5 Å². The van der Waals surface area contributed by atoms with Crippen LogP contribution in [0.5, 0.6) is 0 Å². The van der Waals surface area contributed by atoms with Crippen LogP contribution in [0.25, 0.3) is 55.3 Å². The summed E-state index contributed by atoms with van der Waals surface area (Å²) in [5, 5.41) is 2.40. The molecule has 0 N–H and O–H groups in total. The number of benzene rings is 6. The smallest absolute Gasteiger partial charge is 0.124 e. The molecule has 8 bridgehead atoms.